The molecule has 0 N–H and O–H groups in total. The number of aryl methyl sites for hydroxylation is 1. The van der Waals surface area contributed by atoms with Gasteiger partial charge in [-0.15, -0.1) is 0 Å². The summed E-state index contributed by atoms with van der Waals surface area (Å²) in [4.78, 5) is 27.4. The Balaban J connectivity index is 2.65. The molecule has 6 heteroatoms. The number of rotatable bonds is 4. The van der Waals surface area contributed by atoms with Crippen LogP contribution in [0.2, 0.25) is 0 Å². The number of carbonyl (C=O) groups excluding carboxylic acids is 1. The molecule has 0 bridgehead atoms. The summed E-state index contributed by atoms with van der Waals surface area (Å²) in [5.74, 6) is -0.168. The molecule has 29 heavy (non-hydrogen) atoms. The van der Waals surface area contributed by atoms with Gasteiger partial charge in [0.15, 0.2) is 0 Å². The zero-order chi connectivity index (χ0) is 22.1. The van der Waals surface area contributed by atoms with Crippen molar-refractivity contribution in [3.05, 3.63) is 62.7 Å². The van der Waals surface area contributed by atoms with Gasteiger partial charge in [0.25, 0.3) is 5.69 Å². The lowest BCUT2D eigenvalue weighted by atomic mass is 9.78. The van der Waals surface area contributed by atoms with Gasteiger partial charge < -0.3 is 4.74 Å². The predicted octanol–water partition coefficient (Wildman–Crippen LogP) is 6.05. The Labute approximate surface area is 171 Å². The van der Waals surface area contributed by atoms with Crippen molar-refractivity contribution in [3.8, 4) is 5.75 Å². The molecular formula is C23H28N2O4. The minimum absolute atomic E-state index is 0.0573. The topological polar surface area (TPSA) is 81.8 Å². The summed E-state index contributed by atoms with van der Waals surface area (Å²) in [6.07, 6.45) is 0. The molecule has 0 aliphatic heterocycles. The molecule has 0 amide bonds. The van der Waals surface area contributed by atoms with Crippen LogP contribution in [0.25, 0.3) is 0 Å². The molecule has 2 aromatic rings. The summed E-state index contributed by atoms with van der Waals surface area (Å²) < 4.78 is 5.88. The molecule has 0 radical (unpaired) electrons. The van der Waals surface area contributed by atoms with Crippen LogP contribution in [0.15, 0.2) is 35.3 Å². The van der Waals surface area contributed by atoms with Crippen LogP contribution < -0.4 is 4.74 Å². The van der Waals surface area contributed by atoms with Gasteiger partial charge in [-0.1, -0.05) is 59.2 Å². The second kappa shape index (κ2) is 7.78. The number of nitrogens with zero attached hydrogens (tertiary/aromatic N) is 2. The van der Waals surface area contributed by atoms with E-state index in [2.05, 4.69) is 53.3 Å². The van der Waals surface area contributed by atoms with Crippen LogP contribution in [0.3, 0.4) is 0 Å². The first-order valence-electron chi connectivity index (χ1n) is 9.38. The molecule has 0 atom stereocenters. The van der Waals surface area contributed by atoms with E-state index in [4.69, 9.17) is 4.74 Å². The smallest absolute Gasteiger partial charge is 0.343 e. The van der Waals surface area contributed by atoms with E-state index in [1.54, 1.807) is 0 Å². The van der Waals surface area contributed by atoms with E-state index in [0.29, 0.717) is 5.75 Å². The first-order valence-corrected chi connectivity index (χ1v) is 9.38. The maximum Gasteiger partial charge on any atom is 0.343 e. The molecule has 0 aliphatic rings. The van der Waals surface area contributed by atoms with Crippen molar-refractivity contribution in [1.29, 1.82) is 0 Å². The molecular weight excluding hydrogens is 368 g/mol. The second-order valence-corrected chi connectivity index (χ2v) is 9.23. The summed E-state index contributed by atoms with van der Waals surface area (Å²) >= 11 is 0. The predicted molar refractivity (Wildman–Crippen MR) is 116 cm³/mol. The molecule has 0 saturated carbocycles. The average Bonchev–Trinajstić information content (AvgIpc) is 2.60. The number of hydrogen-bond acceptors (Lipinski definition) is 5. The number of benzene rings is 2. The van der Waals surface area contributed by atoms with Crippen molar-refractivity contribution in [2.45, 2.75) is 59.3 Å². The van der Waals surface area contributed by atoms with Gasteiger partial charge in [-0.3, -0.25) is 15.1 Å². The molecule has 0 aromatic heterocycles. The van der Waals surface area contributed by atoms with Crippen LogP contribution in [0, 0.1) is 17.0 Å². The third kappa shape index (κ3) is 5.08. The zero-order valence-corrected chi connectivity index (χ0v) is 18.1. The highest BCUT2D eigenvalue weighted by Crippen LogP contribution is 2.41. The second-order valence-electron chi connectivity index (χ2n) is 9.23. The van der Waals surface area contributed by atoms with Gasteiger partial charge in [-0.25, -0.2) is 4.79 Å². The highest BCUT2D eigenvalue weighted by molar-refractivity contribution is 5.93. The first kappa shape index (κ1) is 22.3. The van der Waals surface area contributed by atoms with E-state index >= 15 is 0 Å². The Kier molecular flexibility index (Phi) is 5.97. The number of aliphatic imine (C=N–C) groups is 1. The number of nitro benzene ring substituents is 1. The third-order valence-corrected chi connectivity index (χ3v) is 4.58. The van der Waals surface area contributed by atoms with E-state index in [1.807, 2.05) is 19.1 Å². The molecule has 0 aliphatic carbocycles. The van der Waals surface area contributed by atoms with Crippen molar-refractivity contribution < 1.29 is 14.5 Å². The van der Waals surface area contributed by atoms with E-state index in [9.17, 15) is 14.9 Å². The Morgan fingerprint density at radius 3 is 1.93 bits per heavy atom. The molecule has 0 saturated heterocycles. The van der Waals surface area contributed by atoms with Gasteiger partial charge in [-0.05, 0) is 30.5 Å². The highest BCUT2D eigenvalue weighted by Gasteiger charge is 2.29. The van der Waals surface area contributed by atoms with E-state index in [1.165, 1.54) is 18.2 Å². The van der Waals surface area contributed by atoms with Crippen LogP contribution in [0.1, 0.15) is 68.6 Å². The van der Waals surface area contributed by atoms with Crippen LogP contribution in [-0.2, 0) is 10.8 Å². The Morgan fingerprint density at radius 2 is 1.52 bits per heavy atom. The highest BCUT2D eigenvalue weighted by atomic mass is 16.6. The standard InChI is InChI=1S/C23H28N2O4/c1-14-9-18(22(2,3)4)20(19(10-14)23(5,6)7)29-21(26)15-11-16(24-8)13-17(12-15)25(27)28/h9-13H,8H2,1-7H3. The Morgan fingerprint density at radius 1 is 1.00 bits per heavy atom. The minimum Gasteiger partial charge on any atom is -0.422 e. The lowest BCUT2D eigenvalue weighted by Gasteiger charge is -2.29. The summed E-state index contributed by atoms with van der Waals surface area (Å²) in [5, 5.41) is 11.2. The SMILES string of the molecule is C=Nc1cc(C(=O)Oc2c(C(C)(C)C)cc(C)cc2C(C)(C)C)cc([N+](=O)[O-])c1. The molecule has 0 heterocycles. The number of hydrogen-bond donors (Lipinski definition) is 0. The van der Waals surface area contributed by atoms with Crippen LogP contribution in [-0.4, -0.2) is 17.6 Å². The van der Waals surface area contributed by atoms with Gasteiger partial charge in [0.2, 0.25) is 0 Å². The van der Waals surface area contributed by atoms with Gasteiger partial charge >= 0.3 is 5.97 Å². The number of nitro groups is 1. The summed E-state index contributed by atoms with van der Waals surface area (Å²) in [7, 11) is 0. The van der Waals surface area contributed by atoms with E-state index in [0.717, 1.165) is 16.7 Å². The number of esters is 1. The van der Waals surface area contributed by atoms with Crippen molar-refractivity contribution in [2.24, 2.45) is 4.99 Å². The number of non-ortho nitro benzene ring substituents is 1. The van der Waals surface area contributed by atoms with Crippen molar-refractivity contribution in [1.82, 2.24) is 0 Å². The van der Waals surface area contributed by atoms with Crippen molar-refractivity contribution >= 4 is 24.1 Å². The zero-order valence-electron chi connectivity index (χ0n) is 18.1. The summed E-state index contributed by atoms with van der Waals surface area (Å²) in [6.45, 7) is 17.7. The van der Waals surface area contributed by atoms with E-state index in [-0.39, 0.29) is 27.8 Å². The fourth-order valence-corrected chi connectivity index (χ4v) is 3.06. The summed E-state index contributed by atoms with van der Waals surface area (Å²) in [5.41, 5.74) is 2.41. The fourth-order valence-electron chi connectivity index (χ4n) is 3.06. The van der Waals surface area contributed by atoms with E-state index < -0.39 is 10.9 Å². The van der Waals surface area contributed by atoms with Crippen molar-refractivity contribution in [3.63, 3.8) is 0 Å². The first-order chi connectivity index (χ1) is 13.2. The fraction of sp³-hybridized carbons (Fsp3) is 0.391. The normalized spacial score (nSPS) is 11.8. The van der Waals surface area contributed by atoms with Crippen LogP contribution in [0.5, 0.6) is 5.75 Å². The molecule has 154 valence electrons. The number of carbonyl (C=O) groups is 1. The quantitative estimate of drug-likeness (QED) is 0.207. The molecule has 2 aromatic carbocycles. The average molecular weight is 396 g/mol. The Bertz CT molecular complexity index is 944. The lowest BCUT2D eigenvalue weighted by Crippen LogP contribution is -2.22. The number of ether oxygens (including phenoxy) is 1. The molecule has 0 spiro atoms. The summed E-state index contributed by atoms with van der Waals surface area (Å²) in [6, 6.07) is 7.92. The third-order valence-electron chi connectivity index (χ3n) is 4.58. The minimum atomic E-state index is -0.668. The maximum atomic E-state index is 13.0. The molecule has 2 rings (SSSR count). The molecule has 0 fully saturated rings. The van der Waals surface area contributed by atoms with Gasteiger partial charge in [0, 0.05) is 23.3 Å². The van der Waals surface area contributed by atoms with Crippen LogP contribution in [0.4, 0.5) is 11.4 Å². The van der Waals surface area contributed by atoms with Gasteiger partial charge in [0.05, 0.1) is 16.2 Å². The van der Waals surface area contributed by atoms with Gasteiger partial charge in [-0.2, -0.15) is 0 Å². The maximum absolute atomic E-state index is 13.0. The monoisotopic (exact) mass is 396 g/mol. The lowest BCUT2D eigenvalue weighted by molar-refractivity contribution is -0.384. The Hall–Kier alpha value is -3.02. The molecule has 6 nitrogen and oxygen atoms in total. The van der Waals surface area contributed by atoms with Gasteiger partial charge in [0.1, 0.15) is 5.75 Å². The largest absolute Gasteiger partial charge is 0.422 e. The van der Waals surface area contributed by atoms with Crippen molar-refractivity contribution in [2.75, 3.05) is 0 Å². The molecule has 0 unspecified atom stereocenters. The van der Waals surface area contributed by atoms with Crippen LogP contribution >= 0.6 is 0 Å².